The van der Waals surface area contributed by atoms with Gasteiger partial charge in [0.15, 0.2) is 0 Å². The molecule has 0 aliphatic rings. The molecule has 0 saturated carbocycles. The van der Waals surface area contributed by atoms with Crippen LogP contribution < -0.4 is 0 Å². The number of benzene rings is 1. The van der Waals surface area contributed by atoms with Gasteiger partial charge in [-0.25, -0.2) is 0 Å². The van der Waals surface area contributed by atoms with Crippen molar-refractivity contribution >= 4 is 5.69 Å². The number of nitro benzene ring substituents is 1. The largest absolute Gasteiger partial charge is 0.507 e. The molecule has 1 aromatic rings. The van der Waals surface area contributed by atoms with Crippen molar-refractivity contribution in [3.8, 4) is 17.6 Å². The van der Waals surface area contributed by atoms with Crippen LogP contribution in [0.1, 0.15) is 38.2 Å². The van der Waals surface area contributed by atoms with Gasteiger partial charge in [-0.1, -0.05) is 31.6 Å². The van der Waals surface area contributed by atoms with Gasteiger partial charge in [-0.3, -0.25) is 10.1 Å². The van der Waals surface area contributed by atoms with E-state index >= 15 is 0 Å². The third-order valence-corrected chi connectivity index (χ3v) is 2.32. The minimum absolute atomic E-state index is 0.0152. The number of phenols is 1. The molecule has 0 radical (unpaired) electrons. The number of non-ortho nitro benzene ring substituents is 1. The highest BCUT2D eigenvalue weighted by atomic mass is 16.6. The standard InChI is InChI=1S/C13H15NO3/c1-2-3-4-5-6-7-11-10-12(14(16)17)8-9-13(11)15/h8-10,15H,2-5H2,1H3. The van der Waals surface area contributed by atoms with E-state index in [0.717, 1.165) is 25.7 Å². The second kappa shape index (κ2) is 6.54. The van der Waals surface area contributed by atoms with E-state index in [-0.39, 0.29) is 11.4 Å². The molecule has 0 aliphatic carbocycles. The number of unbranched alkanes of at least 4 members (excludes halogenated alkanes) is 3. The Balaban J connectivity index is 2.75. The summed E-state index contributed by atoms with van der Waals surface area (Å²) in [4.78, 5) is 10.1. The fourth-order valence-electron chi connectivity index (χ4n) is 1.36. The van der Waals surface area contributed by atoms with Gasteiger partial charge >= 0.3 is 0 Å². The molecule has 1 N–H and O–H groups in total. The van der Waals surface area contributed by atoms with Gasteiger partial charge in [0.25, 0.3) is 5.69 Å². The molecule has 4 nitrogen and oxygen atoms in total. The van der Waals surface area contributed by atoms with Crippen molar-refractivity contribution in [1.29, 1.82) is 0 Å². The molecule has 4 heteroatoms. The maximum atomic E-state index is 10.6. The van der Waals surface area contributed by atoms with Gasteiger partial charge < -0.3 is 5.11 Å². The Hall–Kier alpha value is -2.02. The van der Waals surface area contributed by atoms with E-state index in [1.165, 1.54) is 18.2 Å². The minimum atomic E-state index is -0.498. The Morgan fingerprint density at radius 2 is 2.18 bits per heavy atom. The summed E-state index contributed by atoms with van der Waals surface area (Å²) in [5.41, 5.74) is 0.261. The van der Waals surface area contributed by atoms with Crippen molar-refractivity contribution in [2.24, 2.45) is 0 Å². The van der Waals surface area contributed by atoms with Crippen LogP contribution >= 0.6 is 0 Å². The molecule has 0 saturated heterocycles. The summed E-state index contributed by atoms with van der Waals surface area (Å²) < 4.78 is 0. The molecule has 0 amide bonds. The zero-order valence-electron chi connectivity index (χ0n) is 9.77. The molecule has 17 heavy (non-hydrogen) atoms. The summed E-state index contributed by atoms with van der Waals surface area (Å²) in [6.45, 7) is 2.11. The van der Waals surface area contributed by atoms with Crippen molar-refractivity contribution in [1.82, 2.24) is 0 Å². The third kappa shape index (κ3) is 4.15. The lowest BCUT2D eigenvalue weighted by atomic mass is 10.1. The summed E-state index contributed by atoms with van der Waals surface area (Å²) >= 11 is 0. The zero-order valence-corrected chi connectivity index (χ0v) is 9.77. The zero-order chi connectivity index (χ0) is 12.7. The van der Waals surface area contributed by atoms with Gasteiger partial charge in [-0.2, -0.15) is 0 Å². The van der Waals surface area contributed by atoms with Crippen LogP contribution in [0, 0.1) is 22.0 Å². The lowest BCUT2D eigenvalue weighted by Crippen LogP contribution is -1.88. The van der Waals surface area contributed by atoms with Crippen LogP contribution in [0.2, 0.25) is 0 Å². The van der Waals surface area contributed by atoms with Gasteiger partial charge in [-0.15, -0.1) is 0 Å². The van der Waals surface area contributed by atoms with E-state index < -0.39 is 4.92 Å². The highest BCUT2D eigenvalue weighted by Crippen LogP contribution is 2.21. The molecular weight excluding hydrogens is 218 g/mol. The number of aromatic hydroxyl groups is 1. The van der Waals surface area contributed by atoms with Crippen molar-refractivity contribution in [2.45, 2.75) is 32.6 Å². The smallest absolute Gasteiger partial charge is 0.270 e. The van der Waals surface area contributed by atoms with Crippen LogP contribution in [0.3, 0.4) is 0 Å². The predicted molar refractivity (Wildman–Crippen MR) is 65.8 cm³/mol. The number of hydrogen-bond donors (Lipinski definition) is 1. The van der Waals surface area contributed by atoms with Crippen molar-refractivity contribution < 1.29 is 10.0 Å². The first kappa shape index (κ1) is 13.0. The second-order valence-corrected chi connectivity index (χ2v) is 3.72. The number of hydrogen-bond acceptors (Lipinski definition) is 3. The molecule has 1 rings (SSSR count). The lowest BCUT2D eigenvalue weighted by Gasteiger charge is -1.96. The van der Waals surface area contributed by atoms with Gasteiger partial charge in [-0.05, 0) is 12.5 Å². The van der Waals surface area contributed by atoms with Crippen LogP contribution in [0.4, 0.5) is 5.69 Å². The monoisotopic (exact) mass is 233 g/mol. The van der Waals surface area contributed by atoms with E-state index in [2.05, 4.69) is 18.8 Å². The molecule has 0 unspecified atom stereocenters. The van der Waals surface area contributed by atoms with Crippen molar-refractivity contribution in [3.63, 3.8) is 0 Å². The summed E-state index contributed by atoms with van der Waals surface area (Å²) in [5.74, 6) is 5.66. The van der Waals surface area contributed by atoms with Crippen LogP contribution in [0.15, 0.2) is 18.2 Å². The number of rotatable bonds is 4. The molecule has 0 heterocycles. The fourth-order valence-corrected chi connectivity index (χ4v) is 1.36. The number of nitro groups is 1. The molecular formula is C13H15NO3. The quantitative estimate of drug-likeness (QED) is 0.376. The van der Waals surface area contributed by atoms with Gasteiger partial charge in [0, 0.05) is 18.6 Å². The van der Waals surface area contributed by atoms with Crippen LogP contribution in [-0.2, 0) is 0 Å². The minimum Gasteiger partial charge on any atom is -0.507 e. The Labute approximate surface area is 100 Å². The third-order valence-electron chi connectivity index (χ3n) is 2.32. The van der Waals surface area contributed by atoms with Crippen molar-refractivity contribution in [3.05, 3.63) is 33.9 Å². The molecule has 1 aromatic carbocycles. The molecule has 0 aromatic heterocycles. The van der Waals surface area contributed by atoms with Crippen LogP contribution in [0.5, 0.6) is 5.75 Å². The first-order valence-electron chi connectivity index (χ1n) is 5.61. The Morgan fingerprint density at radius 1 is 1.41 bits per heavy atom. The molecule has 90 valence electrons. The molecule has 0 spiro atoms. The predicted octanol–water partition coefficient (Wildman–Crippen LogP) is 3.23. The summed E-state index contributed by atoms with van der Waals surface area (Å²) in [7, 11) is 0. The topological polar surface area (TPSA) is 63.4 Å². The van der Waals surface area contributed by atoms with Crippen LogP contribution in [0.25, 0.3) is 0 Å². The average molecular weight is 233 g/mol. The lowest BCUT2D eigenvalue weighted by molar-refractivity contribution is -0.384. The Kier molecular flexibility index (Phi) is 5.02. The average Bonchev–Trinajstić information content (AvgIpc) is 2.30. The van der Waals surface area contributed by atoms with Gasteiger partial charge in [0.2, 0.25) is 0 Å². The number of nitrogens with zero attached hydrogens (tertiary/aromatic N) is 1. The maximum absolute atomic E-state index is 10.6. The summed E-state index contributed by atoms with van der Waals surface area (Å²) in [5, 5.41) is 20.0. The van der Waals surface area contributed by atoms with E-state index in [1.807, 2.05) is 0 Å². The van der Waals surface area contributed by atoms with Gasteiger partial charge in [0.05, 0.1) is 10.5 Å². The Morgan fingerprint density at radius 3 is 2.82 bits per heavy atom. The first-order valence-corrected chi connectivity index (χ1v) is 5.61. The van der Waals surface area contributed by atoms with Gasteiger partial charge in [0.1, 0.15) is 5.75 Å². The normalized spacial score (nSPS) is 9.47. The highest BCUT2D eigenvalue weighted by molar-refractivity contribution is 5.51. The maximum Gasteiger partial charge on any atom is 0.270 e. The number of phenolic OH excluding ortho intramolecular Hbond substituents is 1. The Bertz CT molecular complexity index is 457. The van der Waals surface area contributed by atoms with E-state index in [9.17, 15) is 15.2 Å². The highest BCUT2D eigenvalue weighted by Gasteiger charge is 2.08. The van der Waals surface area contributed by atoms with Crippen LogP contribution in [-0.4, -0.2) is 10.0 Å². The van der Waals surface area contributed by atoms with E-state index in [1.54, 1.807) is 0 Å². The van der Waals surface area contributed by atoms with Crippen molar-refractivity contribution in [2.75, 3.05) is 0 Å². The summed E-state index contributed by atoms with van der Waals surface area (Å²) in [6, 6.07) is 3.86. The van der Waals surface area contributed by atoms with E-state index in [4.69, 9.17) is 0 Å². The second-order valence-electron chi connectivity index (χ2n) is 3.72. The molecule has 0 atom stereocenters. The molecule has 0 fully saturated rings. The molecule has 0 bridgehead atoms. The SMILES string of the molecule is CCCCCC#Cc1cc([N+](=O)[O-])ccc1O. The fraction of sp³-hybridized carbons (Fsp3) is 0.385. The summed E-state index contributed by atoms with van der Waals surface area (Å²) in [6.07, 6.45) is 4.01. The first-order chi connectivity index (χ1) is 8.15. The molecule has 0 aliphatic heterocycles. The van der Waals surface area contributed by atoms with E-state index in [0.29, 0.717) is 5.56 Å².